The molecule has 1 aromatic carbocycles. The molecule has 3 aromatic heterocycles. The van der Waals surface area contributed by atoms with Gasteiger partial charge in [0, 0.05) is 18.0 Å². The van der Waals surface area contributed by atoms with E-state index in [2.05, 4.69) is 15.1 Å². The maximum atomic E-state index is 13.0. The molecule has 13 heteroatoms. The maximum Gasteiger partial charge on any atom is 0.417 e. The minimum atomic E-state index is -4.61. The zero-order valence-corrected chi connectivity index (χ0v) is 18.0. The van der Waals surface area contributed by atoms with E-state index in [-0.39, 0.29) is 38.9 Å². The van der Waals surface area contributed by atoms with Gasteiger partial charge in [-0.3, -0.25) is 4.98 Å². The van der Waals surface area contributed by atoms with E-state index in [9.17, 15) is 34.8 Å². The second-order valence-corrected chi connectivity index (χ2v) is 9.45. The van der Waals surface area contributed by atoms with Gasteiger partial charge in [0.1, 0.15) is 5.69 Å². The maximum absolute atomic E-state index is 13.0. The Kier molecular flexibility index (Phi) is 5.62. The largest absolute Gasteiger partial charge is 0.417 e. The number of hydrogen-bond donors (Lipinski definition) is 0. The van der Waals surface area contributed by atoms with Gasteiger partial charge in [0.2, 0.25) is 5.82 Å². The van der Waals surface area contributed by atoms with Gasteiger partial charge in [-0.2, -0.15) is 26.3 Å². The molecule has 0 fully saturated rings. The summed E-state index contributed by atoms with van der Waals surface area (Å²) in [7, 11) is -3.92. The Bertz CT molecular complexity index is 1480. The third kappa shape index (κ3) is 4.47. The summed E-state index contributed by atoms with van der Waals surface area (Å²) in [6, 6.07) is 7.23. The minimum absolute atomic E-state index is 0.0384. The van der Waals surface area contributed by atoms with Gasteiger partial charge in [0.15, 0.2) is 15.5 Å². The topological polar surface area (TPSA) is 77.2 Å². The van der Waals surface area contributed by atoms with Crippen molar-refractivity contribution in [1.29, 1.82) is 0 Å². The SMILES string of the molecule is CCS(=O)(=O)c1cc(-c2ccc(C(F)(F)F)cc2)cnc1-c1nc2ccc(C(F)(F)F)cn2n1. The predicted molar refractivity (Wildman–Crippen MR) is 109 cm³/mol. The number of hydrogen-bond acceptors (Lipinski definition) is 5. The van der Waals surface area contributed by atoms with E-state index in [4.69, 9.17) is 0 Å². The van der Waals surface area contributed by atoms with E-state index in [1.165, 1.54) is 31.3 Å². The highest BCUT2D eigenvalue weighted by Gasteiger charge is 2.32. The van der Waals surface area contributed by atoms with E-state index < -0.39 is 33.3 Å². The molecule has 0 bridgehead atoms. The van der Waals surface area contributed by atoms with Crippen molar-refractivity contribution in [2.45, 2.75) is 24.2 Å². The molecule has 4 aromatic rings. The average Bonchev–Trinajstić information content (AvgIpc) is 3.21. The second kappa shape index (κ2) is 8.08. The van der Waals surface area contributed by atoms with Crippen molar-refractivity contribution in [2.75, 3.05) is 5.75 Å². The zero-order chi connectivity index (χ0) is 24.9. The minimum Gasteiger partial charge on any atom is -0.251 e. The molecule has 0 N–H and O–H groups in total. The Balaban J connectivity index is 1.84. The lowest BCUT2D eigenvalue weighted by Gasteiger charge is -2.10. The van der Waals surface area contributed by atoms with E-state index in [1.54, 1.807) is 0 Å². The van der Waals surface area contributed by atoms with Crippen LogP contribution >= 0.6 is 0 Å². The van der Waals surface area contributed by atoms with Crippen LogP contribution in [0.2, 0.25) is 0 Å². The van der Waals surface area contributed by atoms with Crippen molar-refractivity contribution < 1.29 is 34.8 Å². The predicted octanol–water partition coefficient (Wildman–Crippen LogP) is 5.29. The molecule has 0 atom stereocenters. The molecular weight excluding hydrogens is 486 g/mol. The number of benzene rings is 1. The first-order valence-corrected chi connectivity index (χ1v) is 11.3. The fourth-order valence-corrected chi connectivity index (χ4v) is 4.22. The molecule has 6 nitrogen and oxygen atoms in total. The number of aromatic nitrogens is 4. The van der Waals surface area contributed by atoms with Gasteiger partial charge in [-0.25, -0.2) is 17.9 Å². The van der Waals surface area contributed by atoms with Crippen LogP contribution < -0.4 is 0 Å². The van der Waals surface area contributed by atoms with Gasteiger partial charge < -0.3 is 0 Å². The third-order valence-corrected chi connectivity index (χ3v) is 6.72. The molecule has 0 radical (unpaired) electrons. The van der Waals surface area contributed by atoms with Crippen LogP contribution in [0.4, 0.5) is 26.3 Å². The smallest absolute Gasteiger partial charge is 0.251 e. The first-order chi connectivity index (χ1) is 15.8. The molecule has 0 aliphatic rings. The fraction of sp³-hybridized carbons (Fsp3) is 0.190. The van der Waals surface area contributed by atoms with E-state index in [0.717, 1.165) is 35.0 Å². The van der Waals surface area contributed by atoms with Crippen LogP contribution in [0.1, 0.15) is 18.1 Å². The van der Waals surface area contributed by atoms with E-state index >= 15 is 0 Å². The molecule has 4 rings (SSSR count). The Labute approximate surface area is 188 Å². The third-order valence-electron chi connectivity index (χ3n) is 4.98. The van der Waals surface area contributed by atoms with Gasteiger partial charge in [-0.1, -0.05) is 19.1 Å². The van der Waals surface area contributed by atoms with Crippen LogP contribution in [0, 0.1) is 0 Å². The van der Waals surface area contributed by atoms with E-state index in [1.807, 2.05) is 0 Å². The average molecular weight is 500 g/mol. The summed E-state index contributed by atoms with van der Waals surface area (Å²) >= 11 is 0. The number of pyridine rings is 2. The van der Waals surface area contributed by atoms with Gasteiger partial charge in [0.25, 0.3) is 0 Å². The van der Waals surface area contributed by atoms with Crippen molar-refractivity contribution >= 4 is 15.5 Å². The Hall–Kier alpha value is -3.48. The molecule has 0 saturated carbocycles. The Morgan fingerprint density at radius 3 is 2.09 bits per heavy atom. The van der Waals surface area contributed by atoms with Crippen molar-refractivity contribution in [2.24, 2.45) is 0 Å². The lowest BCUT2D eigenvalue weighted by Crippen LogP contribution is -2.08. The quantitative estimate of drug-likeness (QED) is 0.356. The van der Waals surface area contributed by atoms with Crippen LogP contribution in [0.3, 0.4) is 0 Å². The molecule has 0 aliphatic carbocycles. The number of rotatable bonds is 4. The normalized spacial score (nSPS) is 12.9. The number of sulfone groups is 1. The zero-order valence-electron chi connectivity index (χ0n) is 17.2. The molecular formula is C21H14F6N4O2S. The summed E-state index contributed by atoms with van der Waals surface area (Å²) in [5.74, 6) is -0.547. The van der Waals surface area contributed by atoms with Crippen LogP contribution in [-0.4, -0.2) is 33.8 Å². The van der Waals surface area contributed by atoms with Gasteiger partial charge in [-0.05, 0) is 35.9 Å². The highest BCUT2D eigenvalue weighted by Crippen LogP contribution is 2.33. The summed E-state index contributed by atoms with van der Waals surface area (Å²) < 4.78 is 104. The first kappa shape index (κ1) is 23.7. The number of fused-ring (bicyclic) bond motifs is 1. The van der Waals surface area contributed by atoms with Crippen LogP contribution in [0.25, 0.3) is 28.3 Å². The molecule has 0 saturated heterocycles. The highest BCUT2D eigenvalue weighted by atomic mass is 32.2. The summed E-state index contributed by atoms with van der Waals surface area (Å²) in [5.41, 5.74) is -1.46. The molecule has 0 spiro atoms. The monoisotopic (exact) mass is 500 g/mol. The lowest BCUT2D eigenvalue weighted by molar-refractivity contribution is -0.138. The second-order valence-electron chi connectivity index (χ2n) is 7.20. The number of alkyl halides is 6. The van der Waals surface area contributed by atoms with Crippen molar-refractivity contribution in [3.05, 3.63) is 66.0 Å². The van der Waals surface area contributed by atoms with Gasteiger partial charge >= 0.3 is 12.4 Å². The van der Waals surface area contributed by atoms with Crippen molar-refractivity contribution in [3.8, 4) is 22.6 Å². The van der Waals surface area contributed by atoms with Crippen LogP contribution in [-0.2, 0) is 22.2 Å². The highest BCUT2D eigenvalue weighted by molar-refractivity contribution is 7.91. The molecule has 3 heterocycles. The van der Waals surface area contributed by atoms with Gasteiger partial charge in [0.05, 0.1) is 21.8 Å². The van der Waals surface area contributed by atoms with Crippen molar-refractivity contribution in [1.82, 2.24) is 19.6 Å². The lowest BCUT2D eigenvalue weighted by atomic mass is 10.1. The standard InChI is InChI=1S/C21H14F6N4O2S/c1-2-34(32,33)16-9-13(12-3-5-14(6-4-12)20(22,23)24)10-28-18(16)19-29-17-8-7-15(21(25,26)27)11-31(17)30-19/h3-11H,2H2,1H3. The summed E-state index contributed by atoms with van der Waals surface area (Å²) in [5, 5.41) is 3.96. The fourth-order valence-electron chi connectivity index (χ4n) is 3.17. The summed E-state index contributed by atoms with van der Waals surface area (Å²) in [6.07, 6.45) is -7.19. The number of nitrogens with zero attached hydrogens (tertiary/aromatic N) is 4. The molecule has 0 unspecified atom stereocenters. The Morgan fingerprint density at radius 1 is 0.882 bits per heavy atom. The molecule has 0 aliphatic heterocycles. The Morgan fingerprint density at radius 2 is 1.50 bits per heavy atom. The number of halogens is 6. The summed E-state index contributed by atoms with van der Waals surface area (Å²) in [4.78, 5) is 7.91. The van der Waals surface area contributed by atoms with Crippen LogP contribution in [0.15, 0.2) is 59.8 Å². The molecule has 34 heavy (non-hydrogen) atoms. The van der Waals surface area contributed by atoms with Crippen molar-refractivity contribution in [3.63, 3.8) is 0 Å². The molecule has 0 amide bonds. The molecule has 178 valence electrons. The van der Waals surface area contributed by atoms with Crippen LogP contribution in [0.5, 0.6) is 0 Å². The first-order valence-electron chi connectivity index (χ1n) is 9.64. The summed E-state index contributed by atoms with van der Waals surface area (Å²) in [6.45, 7) is 1.39. The van der Waals surface area contributed by atoms with E-state index in [0.29, 0.717) is 0 Å². The van der Waals surface area contributed by atoms with Gasteiger partial charge in [-0.15, -0.1) is 5.10 Å².